The van der Waals surface area contributed by atoms with Crippen LogP contribution in [0.3, 0.4) is 0 Å². The molecule has 0 saturated carbocycles. The Labute approximate surface area is 301 Å². The van der Waals surface area contributed by atoms with Crippen LogP contribution in [-0.4, -0.2) is 86.4 Å². The van der Waals surface area contributed by atoms with E-state index in [2.05, 4.69) is 15.5 Å². The third kappa shape index (κ3) is 10.4. The first-order valence-electron chi connectivity index (χ1n) is 15.0. The summed E-state index contributed by atoms with van der Waals surface area (Å²) >= 11 is 0.942. The Hall–Kier alpha value is -6.75. The van der Waals surface area contributed by atoms with E-state index in [4.69, 9.17) is 35.4 Å². The van der Waals surface area contributed by atoms with Crippen LogP contribution >= 0.6 is 11.3 Å². The molecule has 1 aliphatic heterocycles. The molecule has 5 N–H and O–H groups in total. The quantitative estimate of drug-likeness (QED) is 0.0435. The number of primary amides is 1. The molecular weight excluding hydrogens is 728 g/mol. The number of carbonyl (C=O) groups excluding carboxylic acids is 5. The third-order valence-corrected chi connectivity index (χ3v) is 7.75. The van der Waals surface area contributed by atoms with E-state index in [9.17, 15) is 44.2 Å². The number of nitrogen functional groups attached to an aromatic ring is 1. The molecule has 2 aromatic carbocycles. The standard InChI is InChI=1S/C30H30N8O14S/c1-30(2,27(42)49-12-17-5-9-19(10-6-17)38(46)47)52-35-23(20-15-53-28(31)33-20)25(40)34-24-21(13-50-29(32)43)36(26(24)41)51-14-22(39)48-11-16-3-7-18(8-4-16)37(44)45/h3-10,15,21,24H,11-14H2,1-2H3,(H2,31,33)(H2,32,43)(H,34,40). The molecule has 3 amide bonds. The summed E-state index contributed by atoms with van der Waals surface area (Å²) in [6.07, 6.45) is -1.21. The molecule has 2 unspecified atom stereocenters. The maximum Gasteiger partial charge on any atom is 0.404 e. The summed E-state index contributed by atoms with van der Waals surface area (Å²) in [4.78, 5) is 98.2. The van der Waals surface area contributed by atoms with Crippen LogP contribution in [0.5, 0.6) is 0 Å². The van der Waals surface area contributed by atoms with E-state index >= 15 is 0 Å². The Morgan fingerprint density at radius 2 is 1.53 bits per heavy atom. The molecule has 0 aliphatic carbocycles. The fourth-order valence-corrected chi connectivity index (χ4v) is 4.80. The first-order chi connectivity index (χ1) is 25.0. The molecular formula is C30H30N8O14S. The summed E-state index contributed by atoms with van der Waals surface area (Å²) in [7, 11) is 0. The molecule has 2 heterocycles. The van der Waals surface area contributed by atoms with Gasteiger partial charge >= 0.3 is 18.0 Å². The van der Waals surface area contributed by atoms with Gasteiger partial charge in [-0.15, -0.1) is 11.3 Å². The van der Waals surface area contributed by atoms with Gasteiger partial charge in [0.05, 0.1) is 9.85 Å². The highest BCUT2D eigenvalue weighted by atomic mass is 32.1. The van der Waals surface area contributed by atoms with Gasteiger partial charge in [0.2, 0.25) is 5.60 Å². The number of anilines is 1. The van der Waals surface area contributed by atoms with Gasteiger partial charge in [-0.3, -0.25) is 34.7 Å². The van der Waals surface area contributed by atoms with Crippen molar-refractivity contribution in [3.8, 4) is 0 Å². The van der Waals surface area contributed by atoms with Gasteiger partial charge in [0.1, 0.15) is 37.6 Å². The summed E-state index contributed by atoms with van der Waals surface area (Å²) in [5, 5.41) is 30.0. The molecule has 0 radical (unpaired) electrons. The second kappa shape index (κ2) is 17.0. The van der Waals surface area contributed by atoms with E-state index < -0.39 is 76.3 Å². The minimum atomic E-state index is -1.80. The second-order valence-corrected chi connectivity index (χ2v) is 12.2. The Balaban J connectivity index is 1.40. The van der Waals surface area contributed by atoms with E-state index in [0.29, 0.717) is 16.2 Å². The average molecular weight is 759 g/mol. The smallest absolute Gasteiger partial charge is 0.404 e. The molecule has 53 heavy (non-hydrogen) atoms. The number of hydrogen-bond donors (Lipinski definition) is 3. The molecule has 1 aliphatic rings. The molecule has 1 fully saturated rings. The number of non-ortho nitro benzene ring substituents is 2. The van der Waals surface area contributed by atoms with Gasteiger partial charge in [-0.2, -0.15) is 0 Å². The molecule has 0 bridgehead atoms. The van der Waals surface area contributed by atoms with Crippen molar-refractivity contribution >= 4 is 63.4 Å². The zero-order chi connectivity index (χ0) is 38.9. The number of β-lactam (4-membered cyclic amide) rings is 1. The van der Waals surface area contributed by atoms with Crippen LogP contribution in [0.2, 0.25) is 0 Å². The highest BCUT2D eigenvalue weighted by molar-refractivity contribution is 7.13. The van der Waals surface area contributed by atoms with Crippen LogP contribution in [-0.2, 0) is 56.3 Å². The van der Waals surface area contributed by atoms with E-state index in [0.717, 1.165) is 11.3 Å². The van der Waals surface area contributed by atoms with Crippen LogP contribution in [0.1, 0.15) is 30.7 Å². The van der Waals surface area contributed by atoms with Crippen molar-refractivity contribution in [3.05, 3.63) is 91.0 Å². The van der Waals surface area contributed by atoms with Crippen LogP contribution in [0.25, 0.3) is 0 Å². The SMILES string of the molecule is CC(C)(ON=C(C(=O)NC1C(=O)N(OCC(=O)OCc2ccc([N+](=O)[O-])cc2)C1COC(N)=O)c1csc(N)n1)C(=O)OCc1ccc([N+](=O)[O-])cc1. The van der Waals surface area contributed by atoms with Crippen molar-refractivity contribution in [3.63, 3.8) is 0 Å². The summed E-state index contributed by atoms with van der Waals surface area (Å²) in [5.74, 6) is -3.78. The summed E-state index contributed by atoms with van der Waals surface area (Å²) in [5.41, 5.74) is 8.96. The normalized spacial score (nSPS) is 15.5. The number of benzene rings is 2. The van der Waals surface area contributed by atoms with E-state index in [1.807, 2.05) is 0 Å². The fraction of sp³-hybridized carbons (Fsp3) is 0.300. The highest BCUT2D eigenvalue weighted by Gasteiger charge is 2.51. The molecule has 23 heteroatoms. The van der Waals surface area contributed by atoms with Gasteiger partial charge in [-0.1, -0.05) is 5.16 Å². The lowest BCUT2D eigenvalue weighted by Gasteiger charge is -2.44. The van der Waals surface area contributed by atoms with Gasteiger partial charge in [-0.05, 0) is 49.2 Å². The molecule has 1 aromatic heterocycles. The number of thiazole rings is 1. The predicted molar refractivity (Wildman–Crippen MR) is 178 cm³/mol. The van der Waals surface area contributed by atoms with E-state index in [1.165, 1.54) is 67.8 Å². The van der Waals surface area contributed by atoms with Gasteiger partial charge in [0.25, 0.3) is 23.2 Å². The number of carbonyl (C=O) groups is 5. The van der Waals surface area contributed by atoms with Gasteiger partial charge in [0.15, 0.2) is 17.5 Å². The number of nitrogens with one attached hydrogen (secondary N) is 1. The van der Waals surface area contributed by atoms with E-state index in [1.54, 1.807) is 0 Å². The number of esters is 2. The number of amides is 3. The number of nitrogens with zero attached hydrogens (tertiary/aromatic N) is 5. The van der Waals surface area contributed by atoms with Crippen LogP contribution in [0.15, 0.2) is 59.1 Å². The molecule has 3 aromatic rings. The molecule has 22 nitrogen and oxygen atoms in total. The summed E-state index contributed by atoms with van der Waals surface area (Å²) in [6, 6.07) is 7.88. The van der Waals surface area contributed by atoms with Crippen molar-refractivity contribution in [1.82, 2.24) is 15.4 Å². The largest absolute Gasteiger partial charge is 0.459 e. The number of nitro groups is 2. The maximum atomic E-state index is 13.5. The van der Waals surface area contributed by atoms with Crippen LogP contribution in [0, 0.1) is 20.2 Å². The van der Waals surface area contributed by atoms with Gasteiger partial charge < -0.3 is 35.8 Å². The Kier molecular flexibility index (Phi) is 12.5. The number of aromatic nitrogens is 1. The van der Waals surface area contributed by atoms with Crippen molar-refractivity contribution in [1.29, 1.82) is 0 Å². The minimum Gasteiger partial charge on any atom is -0.459 e. The average Bonchev–Trinajstić information content (AvgIpc) is 3.55. The third-order valence-electron chi connectivity index (χ3n) is 7.07. The highest BCUT2D eigenvalue weighted by Crippen LogP contribution is 2.23. The predicted octanol–water partition coefficient (Wildman–Crippen LogP) is 1.25. The van der Waals surface area contributed by atoms with Crippen LogP contribution in [0.4, 0.5) is 21.3 Å². The van der Waals surface area contributed by atoms with E-state index in [-0.39, 0.29) is 35.4 Å². The zero-order valence-corrected chi connectivity index (χ0v) is 28.5. The molecule has 280 valence electrons. The maximum absolute atomic E-state index is 13.5. The minimum absolute atomic E-state index is 0.0368. The van der Waals surface area contributed by atoms with Crippen molar-refractivity contribution < 1.29 is 57.7 Å². The first-order valence-corrected chi connectivity index (χ1v) is 15.9. The number of hydroxylamine groups is 2. The first kappa shape index (κ1) is 39.0. The number of hydrogen-bond acceptors (Lipinski definition) is 18. The van der Waals surface area contributed by atoms with Crippen molar-refractivity contribution in [2.45, 2.75) is 44.7 Å². The Bertz CT molecular complexity index is 1920. The monoisotopic (exact) mass is 758 g/mol. The lowest BCUT2D eigenvalue weighted by molar-refractivity contribution is -0.385. The van der Waals surface area contributed by atoms with Crippen molar-refractivity contribution in [2.24, 2.45) is 10.9 Å². The lowest BCUT2D eigenvalue weighted by Crippen LogP contribution is -2.72. The second-order valence-electron chi connectivity index (χ2n) is 11.3. The number of nitro benzene ring substituents is 2. The number of ether oxygens (including phenoxy) is 3. The van der Waals surface area contributed by atoms with Gasteiger partial charge in [0, 0.05) is 29.6 Å². The number of nitrogens with two attached hydrogens (primary N) is 2. The topological polar surface area (TPSA) is 310 Å². The lowest BCUT2D eigenvalue weighted by atomic mass is 9.98. The summed E-state index contributed by atoms with van der Waals surface area (Å²) < 4.78 is 15.1. The Morgan fingerprint density at radius 3 is 2.04 bits per heavy atom. The van der Waals surface area contributed by atoms with Gasteiger partial charge in [-0.25, -0.2) is 24.4 Å². The Morgan fingerprint density at radius 1 is 0.962 bits per heavy atom. The molecule has 1 saturated heterocycles. The fourth-order valence-electron chi connectivity index (χ4n) is 4.25. The van der Waals surface area contributed by atoms with Crippen molar-refractivity contribution in [2.75, 3.05) is 18.9 Å². The molecule has 2 atom stereocenters. The zero-order valence-electron chi connectivity index (χ0n) is 27.7. The van der Waals surface area contributed by atoms with Crippen LogP contribution < -0.4 is 16.8 Å². The number of rotatable bonds is 17. The summed E-state index contributed by atoms with van der Waals surface area (Å²) in [6.45, 7) is 0.681. The molecule has 0 spiro atoms. The number of oxime groups is 1. The molecule has 4 rings (SSSR count).